The lowest BCUT2D eigenvalue weighted by atomic mass is 10.2. The summed E-state index contributed by atoms with van der Waals surface area (Å²) >= 11 is 7.83. The van der Waals surface area contributed by atoms with Gasteiger partial charge < -0.3 is 10.2 Å². The number of hydrogen-bond donors (Lipinski definition) is 1. The number of halogens is 1. The average molecular weight is 349 g/mol. The number of thiazole rings is 1. The lowest BCUT2D eigenvalue weighted by Gasteiger charge is -2.25. The third kappa shape index (κ3) is 2.91. The number of rotatable bonds is 5. The van der Waals surface area contributed by atoms with Crippen molar-refractivity contribution in [2.75, 3.05) is 18.0 Å². The first-order valence-electron chi connectivity index (χ1n) is 7.68. The summed E-state index contributed by atoms with van der Waals surface area (Å²) in [4.78, 5) is 7.63. The lowest BCUT2D eigenvalue weighted by Crippen LogP contribution is -2.38. The minimum atomic E-state index is 0.441. The highest BCUT2D eigenvalue weighted by Gasteiger charge is 2.25. The zero-order chi connectivity index (χ0) is 15.6. The van der Waals surface area contributed by atoms with Crippen molar-refractivity contribution in [3.05, 3.63) is 40.8 Å². The van der Waals surface area contributed by atoms with Crippen LogP contribution in [0.5, 0.6) is 0 Å². The van der Waals surface area contributed by atoms with Crippen LogP contribution in [0, 0.1) is 0 Å². The predicted octanol–water partition coefficient (Wildman–Crippen LogP) is 2.60. The van der Waals surface area contributed by atoms with Gasteiger partial charge in [-0.3, -0.25) is 4.40 Å². The monoisotopic (exact) mass is 348 g/mol. The molecule has 120 valence electrons. The molecule has 4 rings (SSSR count). The minimum absolute atomic E-state index is 0.441. The maximum atomic E-state index is 6.24. The number of fused-ring (bicyclic) bond motifs is 1. The molecule has 0 saturated carbocycles. The van der Waals surface area contributed by atoms with Gasteiger partial charge in [0.05, 0.1) is 5.69 Å². The second-order valence-electron chi connectivity index (χ2n) is 5.61. The van der Waals surface area contributed by atoms with Crippen molar-refractivity contribution in [3.63, 3.8) is 0 Å². The van der Waals surface area contributed by atoms with Gasteiger partial charge in [0.25, 0.3) is 0 Å². The van der Waals surface area contributed by atoms with Crippen molar-refractivity contribution in [2.24, 2.45) is 0 Å². The van der Waals surface area contributed by atoms with Gasteiger partial charge in [-0.25, -0.2) is 4.98 Å². The Kier molecular flexibility index (Phi) is 4.15. The van der Waals surface area contributed by atoms with Crippen LogP contribution in [0.4, 0.5) is 5.82 Å². The molecule has 3 aromatic heterocycles. The summed E-state index contributed by atoms with van der Waals surface area (Å²) in [5, 5.41) is 14.3. The summed E-state index contributed by atoms with van der Waals surface area (Å²) in [5.41, 5.74) is 1.02. The molecular weight excluding hydrogens is 332 g/mol. The van der Waals surface area contributed by atoms with Crippen molar-refractivity contribution < 1.29 is 0 Å². The molecule has 1 atom stereocenters. The number of nitrogens with zero attached hydrogens (tertiary/aromatic N) is 5. The van der Waals surface area contributed by atoms with Gasteiger partial charge in [0, 0.05) is 43.4 Å². The van der Waals surface area contributed by atoms with Gasteiger partial charge in [-0.05, 0) is 25.0 Å². The molecule has 1 saturated heterocycles. The maximum Gasteiger partial charge on any atom is 0.195 e. The molecule has 6 nitrogen and oxygen atoms in total. The lowest BCUT2D eigenvalue weighted by molar-refractivity contribution is 0.564. The Balaban J connectivity index is 1.41. The fourth-order valence-corrected chi connectivity index (χ4v) is 4.14. The fraction of sp³-hybridized carbons (Fsp3) is 0.400. The van der Waals surface area contributed by atoms with E-state index in [1.165, 1.54) is 6.42 Å². The summed E-state index contributed by atoms with van der Waals surface area (Å²) in [5.74, 6) is 0.958. The summed E-state index contributed by atoms with van der Waals surface area (Å²) in [6.07, 6.45) is 6.07. The Labute approximate surface area is 143 Å². The Hall–Kier alpha value is -1.70. The number of hydrogen-bond acceptors (Lipinski definition) is 6. The van der Waals surface area contributed by atoms with Crippen molar-refractivity contribution >= 4 is 33.7 Å². The standard InChI is InChI=1S/C15H17ClN6S/c16-14-12(22-7-8-23-15(22)19-14)10-17-9-11-3-2-6-21(11)13-4-1-5-18-20-13/h1,4-5,7-8,11,17H,2-3,6,9-10H2/t11-/m1/s1. The second kappa shape index (κ2) is 6.43. The molecule has 0 amide bonds. The molecule has 0 radical (unpaired) electrons. The number of nitrogens with one attached hydrogen (secondary N) is 1. The van der Waals surface area contributed by atoms with Crippen molar-refractivity contribution in [1.82, 2.24) is 24.9 Å². The molecule has 0 aliphatic carbocycles. The number of imidazole rings is 1. The van der Waals surface area contributed by atoms with E-state index >= 15 is 0 Å². The first-order valence-corrected chi connectivity index (χ1v) is 8.93. The molecule has 1 fully saturated rings. The van der Waals surface area contributed by atoms with E-state index in [-0.39, 0.29) is 0 Å². The van der Waals surface area contributed by atoms with E-state index in [2.05, 4.69) is 29.8 Å². The first kappa shape index (κ1) is 14.9. The molecule has 0 bridgehead atoms. The first-order chi connectivity index (χ1) is 11.3. The Morgan fingerprint density at radius 3 is 3.26 bits per heavy atom. The highest BCUT2D eigenvalue weighted by atomic mass is 35.5. The molecule has 1 N–H and O–H groups in total. The van der Waals surface area contributed by atoms with Crippen LogP contribution in [0.25, 0.3) is 4.96 Å². The third-order valence-corrected chi connectivity index (χ3v) is 5.27. The molecule has 8 heteroatoms. The minimum Gasteiger partial charge on any atom is -0.351 e. The van der Waals surface area contributed by atoms with Gasteiger partial charge in [-0.1, -0.05) is 11.6 Å². The zero-order valence-corrected chi connectivity index (χ0v) is 14.1. The van der Waals surface area contributed by atoms with Crippen LogP contribution in [0.2, 0.25) is 5.15 Å². The molecule has 1 aliphatic heterocycles. The second-order valence-corrected chi connectivity index (χ2v) is 6.84. The SMILES string of the molecule is Clc1nc2sccn2c1CNC[C@H]1CCCN1c1cccnn1. The Bertz CT molecular complexity index is 786. The van der Waals surface area contributed by atoms with Crippen molar-refractivity contribution in [1.29, 1.82) is 0 Å². The highest BCUT2D eigenvalue weighted by molar-refractivity contribution is 7.15. The molecule has 0 spiro atoms. The van der Waals surface area contributed by atoms with Crippen molar-refractivity contribution in [3.8, 4) is 0 Å². The van der Waals surface area contributed by atoms with Crippen LogP contribution in [-0.4, -0.2) is 38.7 Å². The van der Waals surface area contributed by atoms with E-state index in [9.17, 15) is 0 Å². The topological polar surface area (TPSA) is 58.4 Å². The largest absolute Gasteiger partial charge is 0.351 e. The summed E-state index contributed by atoms with van der Waals surface area (Å²) < 4.78 is 2.05. The summed E-state index contributed by atoms with van der Waals surface area (Å²) in [7, 11) is 0. The van der Waals surface area contributed by atoms with Crippen molar-refractivity contribution in [2.45, 2.75) is 25.4 Å². The van der Waals surface area contributed by atoms with E-state index in [0.29, 0.717) is 17.7 Å². The van der Waals surface area contributed by atoms with Gasteiger partial charge >= 0.3 is 0 Å². The predicted molar refractivity (Wildman–Crippen MR) is 92.2 cm³/mol. The molecule has 0 aromatic carbocycles. The molecule has 0 unspecified atom stereocenters. The van der Waals surface area contributed by atoms with Crippen LogP contribution in [0.3, 0.4) is 0 Å². The van der Waals surface area contributed by atoms with Gasteiger partial charge in [0.15, 0.2) is 15.9 Å². The molecule has 4 heterocycles. The summed E-state index contributed by atoms with van der Waals surface area (Å²) in [6, 6.07) is 4.40. The number of aromatic nitrogens is 4. The average Bonchev–Trinajstić information content (AvgIpc) is 3.26. The normalized spacial score (nSPS) is 18.1. The van der Waals surface area contributed by atoms with Crippen LogP contribution in [0.15, 0.2) is 29.9 Å². The van der Waals surface area contributed by atoms with E-state index < -0.39 is 0 Å². The van der Waals surface area contributed by atoms with Crippen LogP contribution >= 0.6 is 22.9 Å². The highest BCUT2D eigenvalue weighted by Crippen LogP contribution is 2.23. The van der Waals surface area contributed by atoms with Gasteiger partial charge in [0.2, 0.25) is 0 Å². The van der Waals surface area contributed by atoms with Crippen LogP contribution < -0.4 is 10.2 Å². The Morgan fingerprint density at radius 1 is 1.43 bits per heavy atom. The molecule has 1 aliphatic rings. The molecule has 3 aromatic rings. The zero-order valence-electron chi connectivity index (χ0n) is 12.5. The quantitative estimate of drug-likeness (QED) is 0.768. The molecular formula is C15H17ClN6S. The fourth-order valence-electron chi connectivity index (χ4n) is 3.12. The third-order valence-electron chi connectivity index (χ3n) is 4.21. The van der Waals surface area contributed by atoms with Gasteiger partial charge in [0.1, 0.15) is 0 Å². The summed E-state index contributed by atoms with van der Waals surface area (Å²) in [6.45, 7) is 2.64. The smallest absolute Gasteiger partial charge is 0.195 e. The van der Waals surface area contributed by atoms with E-state index in [0.717, 1.165) is 36.0 Å². The van der Waals surface area contributed by atoms with E-state index in [1.807, 2.05) is 23.7 Å². The molecule has 23 heavy (non-hydrogen) atoms. The van der Waals surface area contributed by atoms with E-state index in [1.54, 1.807) is 17.5 Å². The number of anilines is 1. The van der Waals surface area contributed by atoms with Crippen LogP contribution in [-0.2, 0) is 6.54 Å². The van der Waals surface area contributed by atoms with Gasteiger partial charge in [-0.2, -0.15) is 5.10 Å². The van der Waals surface area contributed by atoms with Crippen LogP contribution in [0.1, 0.15) is 18.5 Å². The Morgan fingerprint density at radius 2 is 2.39 bits per heavy atom. The van der Waals surface area contributed by atoms with E-state index in [4.69, 9.17) is 11.6 Å². The maximum absolute atomic E-state index is 6.24. The van der Waals surface area contributed by atoms with Gasteiger partial charge in [-0.15, -0.1) is 16.4 Å².